The molecule has 0 aliphatic carbocycles. The molecule has 1 heterocycles. The summed E-state index contributed by atoms with van der Waals surface area (Å²) in [4.78, 5) is 23.5. The Bertz CT molecular complexity index is 1090. The largest absolute Gasteiger partial charge is 0.480 e. The smallest absolute Gasteiger partial charge is 0.323 e. The Labute approximate surface area is 156 Å². The number of carbonyl (C=O) groups excluding carboxylic acids is 1. The zero-order chi connectivity index (χ0) is 19.4. The number of carboxylic acids is 1. The molecule has 0 saturated heterocycles. The monoisotopic (exact) mass is 359 g/mol. The highest BCUT2D eigenvalue weighted by molar-refractivity contribution is 6.10. The Morgan fingerprint density at radius 2 is 1.89 bits per heavy atom. The number of benzene rings is 2. The second-order valence-electron chi connectivity index (χ2n) is 6.11. The fourth-order valence-corrected chi connectivity index (χ4v) is 2.81. The molecule has 3 rings (SSSR count). The molecule has 0 aliphatic rings. The van der Waals surface area contributed by atoms with E-state index in [1.165, 1.54) is 6.08 Å². The zero-order valence-electron chi connectivity index (χ0n) is 14.6. The van der Waals surface area contributed by atoms with Gasteiger partial charge in [0.15, 0.2) is 0 Å². The average Bonchev–Trinajstić information content (AvgIpc) is 2.98. The molecule has 2 N–H and O–H groups in total. The summed E-state index contributed by atoms with van der Waals surface area (Å²) in [6.45, 7) is 1.74. The van der Waals surface area contributed by atoms with Crippen LogP contribution < -0.4 is 5.32 Å². The van der Waals surface area contributed by atoms with Crippen LogP contribution in [0.4, 0.5) is 5.69 Å². The summed E-state index contributed by atoms with van der Waals surface area (Å²) in [6, 6.07) is 16.4. The second-order valence-corrected chi connectivity index (χ2v) is 6.11. The lowest BCUT2D eigenvalue weighted by Gasteiger charge is -2.04. The predicted octanol–water partition coefficient (Wildman–Crippen LogP) is 3.58. The third-order valence-electron chi connectivity index (χ3n) is 4.10. The molecule has 0 atom stereocenters. The van der Waals surface area contributed by atoms with E-state index in [4.69, 9.17) is 5.11 Å². The van der Waals surface area contributed by atoms with Gasteiger partial charge in [0.1, 0.15) is 18.2 Å². The highest BCUT2D eigenvalue weighted by Crippen LogP contribution is 2.24. The number of carbonyl (C=O) groups is 2. The number of amides is 1. The summed E-state index contributed by atoms with van der Waals surface area (Å²) in [5.41, 5.74) is 2.94. The Hall–Kier alpha value is -3.85. The van der Waals surface area contributed by atoms with E-state index < -0.39 is 11.9 Å². The normalized spacial score (nSPS) is 11.2. The molecular formula is C21H17N3O3. The van der Waals surface area contributed by atoms with Crippen LogP contribution >= 0.6 is 0 Å². The van der Waals surface area contributed by atoms with Gasteiger partial charge in [0.25, 0.3) is 5.91 Å². The number of fused-ring (bicyclic) bond motifs is 1. The van der Waals surface area contributed by atoms with E-state index in [-0.39, 0.29) is 12.1 Å². The molecule has 27 heavy (non-hydrogen) atoms. The maximum atomic E-state index is 12.5. The summed E-state index contributed by atoms with van der Waals surface area (Å²) < 4.78 is 1.58. The molecule has 0 radical (unpaired) electrons. The van der Waals surface area contributed by atoms with Crippen molar-refractivity contribution in [2.75, 3.05) is 5.32 Å². The van der Waals surface area contributed by atoms with Crippen LogP contribution in [0, 0.1) is 18.3 Å². The van der Waals surface area contributed by atoms with Gasteiger partial charge in [-0.25, -0.2) is 0 Å². The fraction of sp³-hybridized carbons (Fsp3) is 0.0952. The van der Waals surface area contributed by atoms with Crippen molar-refractivity contribution in [2.45, 2.75) is 13.5 Å². The van der Waals surface area contributed by atoms with Crippen LogP contribution in [0.1, 0.15) is 11.1 Å². The maximum Gasteiger partial charge on any atom is 0.323 e. The summed E-state index contributed by atoms with van der Waals surface area (Å²) in [7, 11) is 0. The number of hydrogen-bond acceptors (Lipinski definition) is 3. The van der Waals surface area contributed by atoms with E-state index in [2.05, 4.69) is 5.32 Å². The number of hydrogen-bond donors (Lipinski definition) is 2. The van der Waals surface area contributed by atoms with Crippen molar-refractivity contribution in [2.24, 2.45) is 0 Å². The van der Waals surface area contributed by atoms with Gasteiger partial charge in [0, 0.05) is 28.4 Å². The lowest BCUT2D eigenvalue weighted by molar-refractivity contribution is -0.137. The standard InChI is InChI=1S/C21H17N3O3/c1-14-6-8-17(9-7-14)23-21(27)15(11-22)10-16-12-24(13-20(25)26)19-5-3-2-4-18(16)19/h2-10,12H,13H2,1H3,(H,23,27)(H,25,26). The van der Waals surface area contributed by atoms with Gasteiger partial charge in [-0.2, -0.15) is 5.26 Å². The first kappa shape index (κ1) is 18.0. The Morgan fingerprint density at radius 1 is 1.19 bits per heavy atom. The van der Waals surface area contributed by atoms with Crippen LogP contribution in [-0.4, -0.2) is 21.6 Å². The quantitative estimate of drug-likeness (QED) is 0.538. The molecular weight excluding hydrogens is 342 g/mol. The molecule has 0 spiro atoms. The van der Waals surface area contributed by atoms with Gasteiger partial charge in [0.2, 0.25) is 0 Å². The van der Waals surface area contributed by atoms with Crippen LogP contribution in [0.5, 0.6) is 0 Å². The van der Waals surface area contributed by atoms with Crippen molar-refractivity contribution in [1.82, 2.24) is 4.57 Å². The molecule has 0 bridgehead atoms. The summed E-state index contributed by atoms with van der Waals surface area (Å²) >= 11 is 0. The van der Waals surface area contributed by atoms with Crippen LogP contribution in [0.2, 0.25) is 0 Å². The van der Waals surface area contributed by atoms with Gasteiger partial charge < -0.3 is 15.0 Å². The number of carboxylic acid groups (broad SMARTS) is 1. The van der Waals surface area contributed by atoms with Crippen LogP contribution in [0.3, 0.4) is 0 Å². The third kappa shape index (κ3) is 4.05. The molecule has 1 aromatic heterocycles. The minimum Gasteiger partial charge on any atom is -0.480 e. The van der Waals surface area contributed by atoms with Crippen molar-refractivity contribution in [1.29, 1.82) is 5.26 Å². The number of nitrogens with zero attached hydrogens (tertiary/aromatic N) is 2. The predicted molar refractivity (Wildman–Crippen MR) is 103 cm³/mol. The number of nitrogens with one attached hydrogen (secondary N) is 1. The molecule has 0 unspecified atom stereocenters. The van der Waals surface area contributed by atoms with Crippen LogP contribution in [0.25, 0.3) is 17.0 Å². The minimum absolute atomic E-state index is 0.0613. The van der Waals surface area contributed by atoms with E-state index in [9.17, 15) is 14.9 Å². The molecule has 2 aromatic carbocycles. The molecule has 6 nitrogen and oxygen atoms in total. The number of aryl methyl sites for hydroxylation is 1. The van der Waals surface area contributed by atoms with Gasteiger partial charge in [-0.05, 0) is 31.2 Å². The molecule has 1 amide bonds. The highest BCUT2D eigenvalue weighted by Gasteiger charge is 2.13. The topological polar surface area (TPSA) is 95.1 Å². The Morgan fingerprint density at radius 3 is 2.56 bits per heavy atom. The number of para-hydroxylation sites is 1. The van der Waals surface area contributed by atoms with Gasteiger partial charge in [-0.15, -0.1) is 0 Å². The minimum atomic E-state index is -0.969. The Kier molecular flexibility index (Phi) is 5.04. The SMILES string of the molecule is Cc1ccc(NC(=O)C(C#N)=Cc2cn(CC(=O)O)c3ccccc23)cc1. The van der Waals surface area contributed by atoms with Crippen molar-refractivity contribution < 1.29 is 14.7 Å². The van der Waals surface area contributed by atoms with Crippen molar-refractivity contribution >= 4 is 34.5 Å². The zero-order valence-corrected chi connectivity index (χ0v) is 14.6. The average molecular weight is 359 g/mol. The van der Waals surface area contributed by atoms with E-state index in [0.29, 0.717) is 11.3 Å². The first-order valence-corrected chi connectivity index (χ1v) is 8.27. The van der Waals surface area contributed by atoms with Gasteiger partial charge in [-0.3, -0.25) is 9.59 Å². The van der Waals surface area contributed by atoms with Gasteiger partial charge >= 0.3 is 5.97 Å². The fourth-order valence-electron chi connectivity index (χ4n) is 2.81. The van der Waals surface area contributed by atoms with Crippen molar-refractivity contribution in [3.05, 3.63) is 71.4 Å². The molecule has 0 fully saturated rings. The van der Waals surface area contributed by atoms with Crippen molar-refractivity contribution in [3.63, 3.8) is 0 Å². The number of aromatic nitrogens is 1. The molecule has 6 heteroatoms. The van der Waals surface area contributed by atoms with Gasteiger partial charge in [-0.1, -0.05) is 35.9 Å². The lowest BCUT2D eigenvalue weighted by Crippen LogP contribution is -2.13. The van der Waals surface area contributed by atoms with Crippen LogP contribution in [0.15, 0.2) is 60.3 Å². The number of rotatable bonds is 5. The molecule has 3 aromatic rings. The first-order chi connectivity index (χ1) is 13.0. The van der Waals surface area contributed by atoms with Crippen LogP contribution in [-0.2, 0) is 16.1 Å². The highest BCUT2D eigenvalue weighted by atomic mass is 16.4. The van der Waals surface area contributed by atoms with E-state index in [1.807, 2.05) is 43.3 Å². The number of aliphatic carboxylic acids is 1. The summed E-state index contributed by atoms with van der Waals surface area (Å²) in [5, 5.41) is 22.0. The second kappa shape index (κ2) is 7.58. The number of anilines is 1. The summed E-state index contributed by atoms with van der Waals surface area (Å²) in [6.07, 6.45) is 3.11. The van der Waals surface area contributed by atoms with E-state index in [1.54, 1.807) is 29.0 Å². The molecule has 0 saturated carbocycles. The third-order valence-corrected chi connectivity index (χ3v) is 4.10. The Balaban J connectivity index is 1.95. The molecule has 134 valence electrons. The first-order valence-electron chi connectivity index (χ1n) is 8.27. The van der Waals surface area contributed by atoms with E-state index in [0.717, 1.165) is 16.5 Å². The maximum absolute atomic E-state index is 12.5. The lowest BCUT2D eigenvalue weighted by atomic mass is 10.1. The van der Waals surface area contributed by atoms with Crippen molar-refractivity contribution in [3.8, 4) is 6.07 Å². The van der Waals surface area contributed by atoms with Gasteiger partial charge in [0.05, 0.1) is 0 Å². The number of nitriles is 1. The molecule has 0 aliphatic heterocycles. The summed E-state index contributed by atoms with van der Waals surface area (Å²) in [5.74, 6) is -1.49. The van der Waals surface area contributed by atoms with E-state index >= 15 is 0 Å².